The van der Waals surface area contributed by atoms with Gasteiger partial charge in [-0.3, -0.25) is 15.1 Å². The van der Waals surface area contributed by atoms with Crippen LogP contribution in [0, 0.1) is 0 Å². The van der Waals surface area contributed by atoms with Gasteiger partial charge in [-0.1, -0.05) is 25.7 Å². The molecule has 1 atom stereocenters. The molecule has 4 heteroatoms. The summed E-state index contributed by atoms with van der Waals surface area (Å²) in [5.41, 5.74) is 5.72. The number of pyridine rings is 1. The van der Waals surface area contributed by atoms with E-state index in [2.05, 4.69) is 10.3 Å². The van der Waals surface area contributed by atoms with Crippen LogP contribution in [0.2, 0.25) is 0 Å². The first kappa shape index (κ1) is 14.0. The molecule has 2 rings (SSSR count). The molecule has 4 nitrogen and oxygen atoms in total. The van der Waals surface area contributed by atoms with E-state index in [0.717, 1.165) is 18.4 Å². The number of amides is 1. The number of hydrogen-bond acceptors (Lipinski definition) is 3. The number of nitrogens with zero attached hydrogens (tertiary/aromatic N) is 1. The van der Waals surface area contributed by atoms with Crippen molar-refractivity contribution in [1.82, 2.24) is 10.3 Å². The van der Waals surface area contributed by atoms with Crippen LogP contribution in [0.5, 0.6) is 0 Å². The van der Waals surface area contributed by atoms with Crippen LogP contribution >= 0.6 is 0 Å². The fourth-order valence-electron chi connectivity index (χ4n) is 2.81. The average molecular weight is 261 g/mol. The maximum Gasteiger partial charge on any atom is 0.242 e. The quantitative estimate of drug-likeness (QED) is 0.816. The van der Waals surface area contributed by atoms with E-state index in [1.54, 1.807) is 12.4 Å². The van der Waals surface area contributed by atoms with E-state index in [1.165, 1.54) is 25.7 Å². The molecule has 1 heterocycles. The summed E-state index contributed by atoms with van der Waals surface area (Å²) in [6.07, 6.45) is 10.7. The van der Waals surface area contributed by atoms with Crippen molar-refractivity contribution in [3.63, 3.8) is 0 Å². The molecular formula is C15H23N3O. The van der Waals surface area contributed by atoms with Gasteiger partial charge >= 0.3 is 0 Å². The molecule has 0 spiro atoms. The molecule has 1 saturated carbocycles. The summed E-state index contributed by atoms with van der Waals surface area (Å²) in [5.74, 6) is -0.331. The Hall–Kier alpha value is -1.42. The van der Waals surface area contributed by atoms with E-state index in [1.807, 2.05) is 19.1 Å². The number of carbonyl (C=O) groups is 1. The molecule has 19 heavy (non-hydrogen) atoms. The van der Waals surface area contributed by atoms with E-state index >= 15 is 0 Å². The monoisotopic (exact) mass is 261 g/mol. The number of hydrogen-bond donors (Lipinski definition) is 2. The third-order valence-electron chi connectivity index (χ3n) is 4.10. The molecule has 0 bridgehead atoms. The second-order valence-corrected chi connectivity index (χ2v) is 5.56. The van der Waals surface area contributed by atoms with E-state index in [-0.39, 0.29) is 5.91 Å². The molecule has 1 aliphatic carbocycles. The lowest BCUT2D eigenvalue weighted by molar-refractivity contribution is -0.124. The molecule has 1 aromatic heterocycles. The fraction of sp³-hybridized carbons (Fsp3) is 0.600. The Morgan fingerprint density at radius 2 is 1.84 bits per heavy atom. The zero-order chi connectivity index (χ0) is 13.7. The standard InChI is InChI=1S/C15H23N3O/c1-15(14(16)19,12-8-10-17-11-9-12)18-13-6-4-2-3-5-7-13/h8-11,13,18H,2-7H2,1H3,(H2,16,19). The Bertz CT molecular complexity index is 413. The first-order valence-electron chi connectivity index (χ1n) is 7.11. The maximum absolute atomic E-state index is 11.9. The molecule has 1 unspecified atom stereocenters. The summed E-state index contributed by atoms with van der Waals surface area (Å²) in [4.78, 5) is 15.9. The number of nitrogens with two attached hydrogens (primary N) is 1. The Labute approximate surface area is 114 Å². The third-order valence-corrected chi connectivity index (χ3v) is 4.10. The second kappa shape index (κ2) is 6.15. The molecular weight excluding hydrogens is 238 g/mol. The minimum absolute atomic E-state index is 0.331. The van der Waals surface area contributed by atoms with E-state index < -0.39 is 5.54 Å². The highest BCUT2D eigenvalue weighted by atomic mass is 16.1. The molecule has 1 amide bonds. The normalized spacial score (nSPS) is 20.5. The zero-order valence-corrected chi connectivity index (χ0v) is 11.6. The van der Waals surface area contributed by atoms with E-state index in [0.29, 0.717) is 6.04 Å². The summed E-state index contributed by atoms with van der Waals surface area (Å²) >= 11 is 0. The van der Waals surface area contributed by atoms with Gasteiger partial charge in [0.1, 0.15) is 5.54 Å². The van der Waals surface area contributed by atoms with Crippen molar-refractivity contribution in [1.29, 1.82) is 0 Å². The lowest BCUT2D eigenvalue weighted by Gasteiger charge is -2.32. The van der Waals surface area contributed by atoms with Gasteiger partial charge in [0.25, 0.3) is 0 Å². The topological polar surface area (TPSA) is 68.0 Å². The van der Waals surface area contributed by atoms with Crippen LogP contribution in [-0.2, 0) is 10.3 Å². The van der Waals surface area contributed by atoms with Gasteiger partial charge in [0, 0.05) is 18.4 Å². The fourth-order valence-corrected chi connectivity index (χ4v) is 2.81. The Morgan fingerprint density at radius 3 is 2.37 bits per heavy atom. The van der Waals surface area contributed by atoms with Gasteiger partial charge in [0.15, 0.2) is 0 Å². The first-order chi connectivity index (χ1) is 9.13. The van der Waals surface area contributed by atoms with Gasteiger partial charge in [-0.25, -0.2) is 0 Å². The van der Waals surface area contributed by atoms with Gasteiger partial charge < -0.3 is 5.73 Å². The Balaban J connectivity index is 2.17. The molecule has 1 aliphatic rings. The van der Waals surface area contributed by atoms with Crippen molar-refractivity contribution in [2.45, 2.75) is 57.0 Å². The molecule has 1 fully saturated rings. The number of rotatable bonds is 4. The van der Waals surface area contributed by atoms with E-state index in [9.17, 15) is 4.79 Å². The lowest BCUT2D eigenvalue weighted by Crippen LogP contribution is -2.54. The molecule has 104 valence electrons. The van der Waals surface area contributed by atoms with Crippen LogP contribution in [0.25, 0.3) is 0 Å². The molecule has 0 radical (unpaired) electrons. The summed E-state index contributed by atoms with van der Waals surface area (Å²) in [5, 5.41) is 3.49. The highest BCUT2D eigenvalue weighted by Gasteiger charge is 2.35. The average Bonchev–Trinajstić information content (AvgIpc) is 2.68. The minimum Gasteiger partial charge on any atom is -0.368 e. The van der Waals surface area contributed by atoms with Crippen LogP contribution in [0.1, 0.15) is 51.0 Å². The minimum atomic E-state index is -0.808. The van der Waals surface area contributed by atoms with Gasteiger partial charge in [-0.2, -0.15) is 0 Å². The highest BCUT2D eigenvalue weighted by molar-refractivity contribution is 5.85. The smallest absolute Gasteiger partial charge is 0.242 e. The van der Waals surface area contributed by atoms with Crippen LogP contribution in [-0.4, -0.2) is 16.9 Å². The van der Waals surface area contributed by atoms with Crippen molar-refractivity contribution in [3.8, 4) is 0 Å². The predicted molar refractivity (Wildman–Crippen MR) is 75.4 cm³/mol. The summed E-state index contributed by atoms with van der Waals surface area (Å²) in [6.45, 7) is 1.87. The van der Waals surface area contributed by atoms with Gasteiger partial charge in [-0.05, 0) is 37.5 Å². The largest absolute Gasteiger partial charge is 0.368 e. The molecule has 3 N–H and O–H groups in total. The Morgan fingerprint density at radius 1 is 1.26 bits per heavy atom. The van der Waals surface area contributed by atoms with Crippen LogP contribution in [0.4, 0.5) is 0 Å². The van der Waals surface area contributed by atoms with Crippen LogP contribution in [0.15, 0.2) is 24.5 Å². The van der Waals surface area contributed by atoms with Gasteiger partial charge in [-0.15, -0.1) is 0 Å². The number of nitrogens with one attached hydrogen (secondary N) is 1. The third kappa shape index (κ3) is 3.32. The highest BCUT2D eigenvalue weighted by Crippen LogP contribution is 2.25. The van der Waals surface area contributed by atoms with Gasteiger partial charge in [0.2, 0.25) is 5.91 Å². The molecule has 0 aromatic carbocycles. The molecule has 1 aromatic rings. The lowest BCUT2D eigenvalue weighted by atomic mass is 9.90. The van der Waals surface area contributed by atoms with Crippen molar-refractivity contribution in [2.75, 3.05) is 0 Å². The van der Waals surface area contributed by atoms with Crippen molar-refractivity contribution in [2.24, 2.45) is 5.73 Å². The Kier molecular flexibility index (Phi) is 4.53. The number of aromatic nitrogens is 1. The van der Waals surface area contributed by atoms with Gasteiger partial charge in [0.05, 0.1) is 0 Å². The summed E-state index contributed by atoms with van der Waals surface area (Å²) < 4.78 is 0. The van der Waals surface area contributed by atoms with Crippen LogP contribution < -0.4 is 11.1 Å². The predicted octanol–water partition coefficient (Wildman–Crippen LogP) is 2.09. The SMILES string of the molecule is CC(NC1CCCCCC1)(C(N)=O)c1ccncc1. The van der Waals surface area contributed by atoms with E-state index in [4.69, 9.17) is 5.73 Å². The van der Waals surface area contributed by atoms with Crippen molar-refractivity contribution in [3.05, 3.63) is 30.1 Å². The zero-order valence-electron chi connectivity index (χ0n) is 11.6. The maximum atomic E-state index is 11.9. The molecule has 0 aliphatic heterocycles. The molecule has 0 saturated heterocycles. The number of primary amides is 1. The summed E-state index contributed by atoms with van der Waals surface area (Å²) in [6, 6.07) is 4.08. The summed E-state index contributed by atoms with van der Waals surface area (Å²) in [7, 11) is 0. The van der Waals surface area contributed by atoms with Crippen LogP contribution in [0.3, 0.4) is 0 Å². The first-order valence-corrected chi connectivity index (χ1v) is 7.11. The number of carbonyl (C=O) groups excluding carboxylic acids is 1. The second-order valence-electron chi connectivity index (χ2n) is 5.56. The van der Waals surface area contributed by atoms with Crippen molar-refractivity contribution < 1.29 is 4.79 Å². The van der Waals surface area contributed by atoms with Crippen molar-refractivity contribution >= 4 is 5.91 Å².